The zero-order valence-corrected chi connectivity index (χ0v) is 21.5. The Hall–Kier alpha value is -3.49. The predicted molar refractivity (Wildman–Crippen MR) is 136 cm³/mol. The third kappa shape index (κ3) is 8.00. The van der Waals surface area contributed by atoms with Crippen molar-refractivity contribution in [1.82, 2.24) is 0 Å². The van der Waals surface area contributed by atoms with Crippen LogP contribution < -0.4 is 0 Å². The van der Waals surface area contributed by atoms with Crippen LogP contribution in [-0.2, 0) is 33.3 Å². The monoisotopic (exact) mass is 510 g/mol. The van der Waals surface area contributed by atoms with E-state index in [1.165, 1.54) is 6.92 Å². The maximum Gasteiger partial charge on any atom is 0.338 e. The summed E-state index contributed by atoms with van der Waals surface area (Å²) in [7, 11) is 0. The molecule has 198 valence electrons. The van der Waals surface area contributed by atoms with Crippen LogP contribution in [0.4, 0.5) is 0 Å². The topological polar surface area (TPSA) is 108 Å². The van der Waals surface area contributed by atoms with Gasteiger partial charge in [0, 0.05) is 25.0 Å². The van der Waals surface area contributed by atoms with Gasteiger partial charge in [0.15, 0.2) is 6.29 Å². The molecule has 0 amide bonds. The van der Waals surface area contributed by atoms with Gasteiger partial charge in [-0.05, 0) is 44.3 Å². The molecule has 5 atom stereocenters. The molecule has 1 saturated heterocycles. The van der Waals surface area contributed by atoms with Crippen LogP contribution in [0.3, 0.4) is 0 Å². The standard InChI is InChI=1S/C29H34O8/c1-17(2)22(13-25-19(4)16-34-29(37-25)21-9-7-6-8-10-21)14-26(35-20(5)30)24-15-23(36-28(24)33)11-18(3)12-27(31)32/h6-10,12,15,22-23,25-26,29H,1,4,11,13-14,16H2,2-3,5H3,(H,31,32)/b18-12+/t22-,23+,25?,26?,29?/m0/s1. The van der Waals surface area contributed by atoms with Gasteiger partial charge in [-0.2, -0.15) is 0 Å². The van der Waals surface area contributed by atoms with Crippen molar-refractivity contribution >= 4 is 17.9 Å². The highest BCUT2D eigenvalue weighted by molar-refractivity contribution is 5.92. The molecule has 0 aromatic heterocycles. The first kappa shape index (κ1) is 28.1. The van der Waals surface area contributed by atoms with Gasteiger partial charge in [-0.15, -0.1) is 0 Å². The second-order valence-electron chi connectivity index (χ2n) is 9.55. The third-order valence-electron chi connectivity index (χ3n) is 6.34. The molecule has 8 heteroatoms. The summed E-state index contributed by atoms with van der Waals surface area (Å²) in [6, 6.07) is 9.63. The molecule has 3 unspecified atom stereocenters. The molecular formula is C29H34O8. The molecular weight excluding hydrogens is 476 g/mol. The number of benzene rings is 1. The number of hydrogen-bond acceptors (Lipinski definition) is 7. The lowest BCUT2D eigenvalue weighted by Gasteiger charge is -2.35. The van der Waals surface area contributed by atoms with Crippen LogP contribution in [0.5, 0.6) is 0 Å². The normalized spacial score (nSPS) is 23.6. The van der Waals surface area contributed by atoms with E-state index in [-0.39, 0.29) is 24.0 Å². The third-order valence-corrected chi connectivity index (χ3v) is 6.34. The number of carbonyl (C=O) groups excluding carboxylic acids is 2. The number of esters is 2. The summed E-state index contributed by atoms with van der Waals surface area (Å²) in [6.07, 6.45) is 1.41. The second-order valence-corrected chi connectivity index (χ2v) is 9.55. The molecule has 2 heterocycles. The van der Waals surface area contributed by atoms with Gasteiger partial charge in [-0.1, -0.05) is 54.6 Å². The number of ether oxygens (including phenoxy) is 4. The summed E-state index contributed by atoms with van der Waals surface area (Å²) >= 11 is 0. The first-order chi connectivity index (χ1) is 17.5. The molecule has 0 saturated carbocycles. The van der Waals surface area contributed by atoms with Gasteiger partial charge < -0.3 is 24.1 Å². The number of carboxylic acids is 1. The lowest BCUT2D eigenvalue weighted by atomic mass is 9.85. The molecule has 2 aliphatic heterocycles. The van der Waals surface area contributed by atoms with Crippen LogP contribution in [0, 0.1) is 5.92 Å². The van der Waals surface area contributed by atoms with Gasteiger partial charge in [-0.25, -0.2) is 9.59 Å². The van der Waals surface area contributed by atoms with Gasteiger partial charge in [-0.3, -0.25) is 4.79 Å². The number of allylic oxidation sites excluding steroid dienone is 1. The van der Waals surface area contributed by atoms with Crippen molar-refractivity contribution in [3.63, 3.8) is 0 Å². The fourth-order valence-electron chi connectivity index (χ4n) is 4.46. The Morgan fingerprint density at radius 2 is 1.92 bits per heavy atom. The van der Waals surface area contributed by atoms with Gasteiger partial charge in [0.25, 0.3) is 0 Å². The summed E-state index contributed by atoms with van der Waals surface area (Å²) in [5, 5.41) is 8.95. The highest BCUT2D eigenvalue weighted by Crippen LogP contribution is 2.36. The van der Waals surface area contributed by atoms with Crippen molar-refractivity contribution < 1.29 is 38.4 Å². The minimum Gasteiger partial charge on any atom is -0.478 e. The Labute approximate surface area is 217 Å². The Morgan fingerprint density at radius 1 is 1.22 bits per heavy atom. The maximum atomic E-state index is 12.7. The van der Waals surface area contributed by atoms with Crippen molar-refractivity contribution in [2.24, 2.45) is 5.92 Å². The molecule has 1 fully saturated rings. The van der Waals surface area contributed by atoms with Gasteiger partial charge in [0.05, 0.1) is 18.3 Å². The van der Waals surface area contributed by atoms with E-state index < -0.39 is 36.4 Å². The molecule has 0 spiro atoms. The summed E-state index contributed by atoms with van der Waals surface area (Å²) in [6.45, 7) is 13.4. The molecule has 3 rings (SSSR count). The highest BCUT2D eigenvalue weighted by atomic mass is 16.7. The van der Waals surface area contributed by atoms with E-state index in [0.717, 1.165) is 22.8 Å². The van der Waals surface area contributed by atoms with Crippen LogP contribution >= 0.6 is 0 Å². The molecule has 1 aromatic rings. The molecule has 1 aromatic carbocycles. The lowest BCUT2D eigenvalue weighted by Crippen LogP contribution is -2.33. The van der Waals surface area contributed by atoms with E-state index in [1.54, 1.807) is 13.0 Å². The Bertz CT molecular complexity index is 1100. The molecule has 37 heavy (non-hydrogen) atoms. The first-order valence-electron chi connectivity index (χ1n) is 12.2. The fraction of sp³-hybridized carbons (Fsp3) is 0.414. The van der Waals surface area contributed by atoms with Crippen molar-refractivity contribution in [3.05, 3.63) is 83.5 Å². The number of carbonyl (C=O) groups is 3. The predicted octanol–water partition coefficient (Wildman–Crippen LogP) is 4.83. The largest absolute Gasteiger partial charge is 0.478 e. The van der Waals surface area contributed by atoms with E-state index in [9.17, 15) is 14.4 Å². The zero-order chi connectivity index (χ0) is 27.1. The molecule has 2 aliphatic rings. The summed E-state index contributed by atoms with van der Waals surface area (Å²) in [5.74, 6) is -2.35. The van der Waals surface area contributed by atoms with E-state index in [1.807, 2.05) is 37.3 Å². The number of rotatable bonds is 11. The lowest BCUT2D eigenvalue weighted by molar-refractivity contribution is -0.195. The average molecular weight is 511 g/mol. The van der Waals surface area contributed by atoms with E-state index >= 15 is 0 Å². The van der Waals surface area contributed by atoms with Crippen molar-refractivity contribution in [3.8, 4) is 0 Å². The van der Waals surface area contributed by atoms with E-state index in [0.29, 0.717) is 25.0 Å². The number of aliphatic carboxylic acids is 1. The second kappa shape index (κ2) is 12.7. The first-order valence-corrected chi connectivity index (χ1v) is 12.2. The van der Waals surface area contributed by atoms with E-state index in [2.05, 4.69) is 13.2 Å². The Morgan fingerprint density at radius 3 is 2.54 bits per heavy atom. The van der Waals surface area contributed by atoms with Crippen molar-refractivity contribution in [2.75, 3.05) is 6.61 Å². The molecule has 0 radical (unpaired) electrons. The summed E-state index contributed by atoms with van der Waals surface area (Å²) in [4.78, 5) is 35.6. The molecule has 8 nitrogen and oxygen atoms in total. The molecule has 0 bridgehead atoms. The van der Waals surface area contributed by atoms with Crippen molar-refractivity contribution in [2.45, 2.75) is 64.6 Å². The Balaban J connectivity index is 1.76. The van der Waals surface area contributed by atoms with Gasteiger partial charge in [0.1, 0.15) is 12.2 Å². The van der Waals surface area contributed by atoms with Crippen LogP contribution in [0.25, 0.3) is 0 Å². The number of hydrogen-bond donors (Lipinski definition) is 1. The van der Waals surface area contributed by atoms with Crippen LogP contribution in [-0.4, -0.2) is 47.9 Å². The zero-order valence-electron chi connectivity index (χ0n) is 21.5. The quantitative estimate of drug-likeness (QED) is 0.256. The van der Waals surface area contributed by atoms with Gasteiger partial charge >= 0.3 is 17.9 Å². The average Bonchev–Trinajstić information content (AvgIpc) is 3.18. The van der Waals surface area contributed by atoms with Crippen LogP contribution in [0.2, 0.25) is 0 Å². The number of carboxylic acid groups (broad SMARTS) is 1. The minimum atomic E-state index is -1.07. The SMILES string of the molecule is C=C1COC(c2ccccc2)OC1C[C@@H](CC(OC(C)=O)C1=C[C@@H](C/C(C)=C/C(=O)O)OC1=O)C(=C)C. The molecule has 1 N–H and O–H groups in total. The minimum absolute atomic E-state index is 0.165. The van der Waals surface area contributed by atoms with Crippen LogP contribution in [0.1, 0.15) is 51.9 Å². The smallest absolute Gasteiger partial charge is 0.338 e. The van der Waals surface area contributed by atoms with Crippen LogP contribution in [0.15, 0.2) is 77.9 Å². The molecule has 0 aliphatic carbocycles. The van der Waals surface area contributed by atoms with Gasteiger partial charge in [0.2, 0.25) is 0 Å². The van der Waals surface area contributed by atoms with Crippen molar-refractivity contribution in [1.29, 1.82) is 0 Å². The fourth-order valence-corrected chi connectivity index (χ4v) is 4.46. The number of cyclic esters (lactones) is 1. The highest BCUT2D eigenvalue weighted by Gasteiger charge is 2.36. The summed E-state index contributed by atoms with van der Waals surface area (Å²) in [5.41, 5.74) is 3.34. The Kier molecular flexibility index (Phi) is 9.60. The summed E-state index contributed by atoms with van der Waals surface area (Å²) < 4.78 is 23.0. The van der Waals surface area contributed by atoms with E-state index in [4.69, 9.17) is 24.1 Å². The maximum absolute atomic E-state index is 12.7.